The van der Waals surface area contributed by atoms with Crippen molar-refractivity contribution in [3.63, 3.8) is 0 Å². The van der Waals surface area contributed by atoms with Gasteiger partial charge >= 0.3 is 0 Å². The third-order valence-corrected chi connectivity index (χ3v) is 7.65. The molecule has 1 saturated heterocycles. The number of nitrogens with two attached hydrogens (primary N) is 1. The summed E-state index contributed by atoms with van der Waals surface area (Å²) in [4.78, 5) is 25.5. The highest BCUT2D eigenvalue weighted by Crippen LogP contribution is 2.45. The van der Waals surface area contributed by atoms with Crippen LogP contribution in [0.3, 0.4) is 0 Å². The first kappa shape index (κ1) is 22.5. The minimum atomic E-state index is -0.250. The van der Waals surface area contributed by atoms with Crippen molar-refractivity contribution < 1.29 is 14.7 Å². The Bertz CT molecular complexity index is 933. The Labute approximate surface area is 182 Å². The number of carbonyl (C=O) groups excluding carboxylic acids is 1. The molecule has 0 spiro atoms. The molecule has 0 radical (unpaired) electrons. The maximum atomic E-state index is 12.3. The van der Waals surface area contributed by atoms with Gasteiger partial charge in [-0.05, 0) is 78.8 Å². The Hall–Kier alpha value is -2.18. The van der Waals surface area contributed by atoms with Crippen LogP contribution in [0.4, 0.5) is 5.69 Å². The Balaban J connectivity index is 0.000000806. The molecule has 1 fully saturated rings. The van der Waals surface area contributed by atoms with Crippen LogP contribution in [0.2, 0.25) is 0 Å². The molecule has 0 unspecified atom stereocenters. The van der Waals surface area contributed by atoms with Crippen molar-refractivity contribution in [2.45, 2.75) is 65.8 Å². The molecule has 6 heteroatoms. The molecule has 1 aromatic heterocycles. The zero-order valence-electron chi connectivity index (χ0n) is 18.2. The number of fused-ring (bicyclic) bond motifs is 1. The standard InChI is InChI=1S/C23H30N2OS.CH2O2/c1-15-19-13-23(2,3)10-9-20(19)27-22(15)18-8-7-17(12-16(18)14-24)25-11-5-4-6-21(25)26;2-1-3/h7-8,12H,4-6,9-11,13-14,24H2,1-3H3;1H,(H,2,3). The first-order chi connectivity index (χ1) is 14.3. The summed E-state index contributed by atoms with van der Waals surface area (Å²) >= 11 is 1.95. The van der Waals surface area contributed by atoms with Crippen molar-refractivity contribution in [2.24, 2.45) is 11.1 Å². The molecule has 2 aliphatic rings. The molecule has 0 bridgehead atoms. The van der Waals surface area contributed by atoms with E-state index in [2.05, 4.69) is 39.0 Å². The number of carboxylic acid groups (broad SMARTS) is 1. The maximum absolute atomic E-state index is 12.3. The molecule has 30 heavy (non-hydrogen) atoms. The molecular formula is C24H32N2O3S. The van der Waals surface area contributed by atoms with Gasteiger partial charge in [-0.15, -0.1) is 11.3 Å². The van der Waals surface area contributed by atoms with Crippen molar-refractivity contribution in [2.75, 3.05) is 11.4 Å². The fourth-order valence-electron chi connectivity index (χ4n) is 4.53. The van der Waals surface area contributed by atoms with E-state index in [9.17, 15) is 4.79 Å². The quantitative estimate of drug-likeness (QED) is 0.680. The van der Waals surface area contributed by atoms with Crippen LogP contribution in [-0.2, 0) is 29.0 Å². The normalized spacial score (nSPS) is 17.7. The molecule has 2 aromatic rings. The second kappa shape index (κ2) is 9.31. The van der Waals surface area contributed by atoms with E-state index in [0.717, 1.165) is 30.6 Å². The number of aryl methyl sites for hydroxylation is 1. The molecule has 5 nitrogen and oxygen atoms in total. The second-order valence-corrected chi connectivity index (χ2v) is 10.1. The van der Waals surface area contributed by atoms with E-state index in [-0.39, 0.29) is 12.4 Å². The number of piperidine rings is 1. The van der Waals surface area contributed by atoms with E-state index in [1.54, 1.807) is 10.4 Å². The topological polar surface area (TPSA) is 83.6 Å². The van der Waals surface area contributed by atoms with Gasteiger partial charge < -0.3 is 15.7 Å². The fraction of sp³-hybridized carbons (Fsp3) is 0.500. The monoisotopic (exact) mass is 428 g/mol. The third-order valence-electron chi connectivity index (χ3n) is 6.23. The van der Waals surface area contributed by atoms with Gasteiger partial charge in [0.05, 0.1) is 0 Å². The number of hydrogen-bond donors (Lipinski definition) is 2. The molecule has 4 rings (SSSR count). The van der Waals surface area contributed by atoms with Gasteiger partial charge in [0.1, 0.15) is 0 Å². The molecule has 3 N–H and O–H groups in total. The van der Waals surface area contributed by atoms with Crippen LogP contribution in [0, 0.1) is 12.3 Å². The minimum absolute atomic E-state index is 0.238. The number of benzene rings is 1. The largest absolute Gasteiger partial charge is 0.483 e. The zero-order chi connectivity index (χ0) is 21.9. The molecule has 1 aliphatic heterocycles. The average Bonchev–Trinajstić information content (AvgIpc) is 3.03. The van der Waals surface area contributed by atoms with Crippen molar-refractivity contribution in [3.8, 4) is 10.4 Å². The fourth-order valence-corrected chi connectivity index (χ4v) is 5.92. The highest BCUT2D eigenvalue weighted by molar-refractivity contribution is 7.16. The summed E-state index contributed by atoms with van der Waals surface area (Å²) in [6, 6.07) is 6.44. The number of anilines is 1. The number of amides is 1. The van der Waals surface area contributed by atoms with E-state index >= 15 is 0 Å². The molecular weight excluding hydrogens is 396 g/mol. The van der Waals surface area contributed by atoms with Gasteiger partial charge in [-0.2, -0.15) is 0 Å². The smallest absolute Gasteiger partial charge is 0.290 e. The lowest BCUT2D eigenvalue weighted by Crippen LogP contribution is -2.35. The molecule has 1 amide bonds. The first-order valence-electron chi connectivity index (χ1n) is 10.6. The number of hydrogen-bond acceptors (Lipinski definition) is 4. The van der Waals surface area contributed by atoms with Crippen LogP contribution < -0.4 is 10.6 Å². The highest BCUT2D eigenvalue weighted by atomic mass is 32.1. The Morgan fingerprint density at radius 2 is 2.00 bits per heavy atom. The van der Waals surface area contributed by atoms with E-state index in [0.29, 0.717) is 18.4 Å². The lowest BCUT2D eigenvalue weighted by Gasteiger charge is -2.29. The minimum Gasteiger partial charge on any atom is -0.483 e. The van der Waals surface area contributed by atoms with Crippen LogP contribution in [0.1, 0.15) is 61.1 Å². The molecule has 0 atom stereocenters. The summed E-state index contributed by atoms with van der Waals surface area (Å²) in [6.45, 7) is 8.10. The molecule has 162 valence electrons. The van der Waals surface area contributed by atoms with Crippen LogP contribution in [-0.4, -0.2) is 24.0 Å². The van der Waals surface area contributed by atoms with Gasteiger partial charge in [0.15, 0.2) is 0 Å². The van der Waals surface area contributed by atoms with Gasteiger partial charge in [-0.1, -0.05) is 19.9 Å². The summed E-state index contributed by atoms with van der Waals surface area (Å²) < 4.78 is 0. The molecule has 0 saturated carbocycles. The van der Waals surface area contributed by atoms with Crippen LogP contribution in [0.5, 0.6) is 0 Å². The molecule has 1 aromatic carbocycles. The van der Waals surface area contributed by atoms with Crippen LogP contribution in [0.25, 0.3) is 10.4 Å². The molecule has 1 aliphatic carbocycles. The van der Waals surface area contributed by atoms with Gasteiger partial charge in [0, 0.05) is 35.0 Å². The predicted molar refractivity (Wildman–Crippen MR) is 123 cm³/mol. The Morgan fingerprint density at radius 3 is 2.67 bits per heavy atom. The van der Waals surface area contributed by atoms with Crippen molar-refractivity contribution in [1.29, 1.82) is 0 Å². The summed E-state index contributed by atoms with van der Waals surface area (Å²) in [6.07, 6.45) is 6.37. The lowest BCUT2D eigenvalue weighted by atomic mass is 9.76. The third kappa shape index (κ3) is 4.60. The van der Waals surface area contributed by atoms with Crippen LogP contribution in [0.15, 0.2) is 18.2 Å². The van der Waals surface area contributed by atoms with Crippen molar-refractivity contribution >= 4 is 29.4 Å². The number of carbonyl (C=O) groups is 2. The number of rotatable bonds is 3. The van der Waals surface area contributed by atoms with Crippen LogP contribution >= 0.6 is 11.3 Å². The average molecular weight is 429 g/mol. The van der Waals surface area contributed by atoms with Gasteiger partial charge in [0.2, 0.25) is 5.91 Å². The summed E-state index contributed by atoms with van der Waals surface area (Å²) in [5.41, 5.74) is 12.9. The second-order valence-electron chi connectivity index (χ2n) is 8.95. The number of thiophene rings is 1. The number of nitrogens with zero attached hydrogens (tertiary/aromatic N) is 1. The van der Waals surface area contributed by atoms with Gasteiger partial charge in [-0.3, -0.25) is 9.59 Å². The van der Waals surface area contributed by atoms with E-state index < -0.39 is 0 Å². The van der Waals surface area contributed by atoms with E-state index in [1.807, 2.05) is 16.2 Å². The zero-order valence-corrected chi connectivity index (χ0v) is 19.0. The summed E-state index contributed by atoms with van der Waals surface area (Å²) in [5, 5.41) is 6.89. The predicted octanol–water partition coefficient (Wildman–Crippen LogP) is 4.91. The van der Waals surface area contributed by atoms with Crippen molar-refractivity contribution in [1.82, 2.24) is 0 Å². The Morgan fingerprint density at radius 1 is 1.27 bits per heavy atom. The summed E-state index contributed by atoms with van der Waals surface area (Å²) in [7, 11) is 0. The van der Waals surface area contributed by atoms with E-state index in [4.69, 9.17) is 15.6 Å². The summed E-state index contributed by atoms with van der Waals surface area (Å²) in [5.74, 6) is 0.238. The maximum Gasteiger partial charge on any atom is 0.290 e. The highest BCUT2D eigenvalue weighted by Gasteiger charge is 2.30. The van der Waals surface area contributed by atoms with E-state index in [1.165, 1.54) is 35.3 Å². The SMILES string of the molecule is Cc1c(-c2ccc(N3CCCCC3=O)cc2CN)sc2c1CC(C)(C)CC2.O=CO. The van der Waals surface area contributed by atoms with Crippen molar-refractivity contribution in [3.05, 3.63) is 39.8 Å². The first-order valence-corrected chi connectivity index (χ1v) is 11.5. The van der Waals surface area contributed by atoms with Gasteiger partial charge in [-0.25, -0.2) is 0 Å². The van der Waals surface area contributed by atoms with Gasteiger partial charge in [0.25, 0.3) is 6.47 Å². The Kier molecular flexibility index (Phi) is 6.98. The molecule has 2 heterocycles. The lowest BCUT2D eigenvalue weighted by molar-refractivity contribution is -0.123.